The van der Waals surface area contributed by atoms with Crippen molar-refractivity contribution in [3.05, 3.63) is 17.5 Å². The minimum absolute atomic E-state index is 0.0956. The number of hydrogen-bond acceptors (Lipinski definition) is 4. The predicted molar refractivity (Wildman–Crippen MR) is 80.4 cm³/mol. The van der Waals surface area contributed by atoms with Crippen molar-refractivity contribution >= 4 is 5.91 Å². The molecule has 1 aromatic rings. The minimum atomic E-state index is -0.0956. The number of hydrogen-bond donors (Lipinski definition) is 1. The molecule has 1 N–H and O–H groups in total. The molecule has 0 radical (unpaired) electrons. The Hall–Kier alpha value is -1.36. The lowest BCUT2D eigenvalue weighted by Gasteiger charge is -2.50. The van der Waals surface area contributed by atoms with Crippen LogP contribution in [-0.2, 0) is 11.2 Å². The molecule has 3 fully saturated rings. The first kappa shape index (κ1) is 14.2. The van der Waals surface area contributed by atoms with Gasteiger partial charge in [0.15, 0.2) is 5.69 Å². The highest BCUT2D eigenvalue weighted by molar-refractivity contribution is 5.92. The maximum absolute atomic E-state index is 12.5. The van der Waals surface area contributed by atoms with Gasteiger partial charge < -0.3 is 14.6 Å². The van der Waals surface area contributed by atoms with E-state index in [1.807, 2.05) is 6.92 Å². The summed E-state index contributed by atoms with van der Waals surface area (Å²) in [5.41, 5.74) is 0.407. The van der Waals surface area contributed by atoms with Crippen LogP contribution in [0, 0.1) is 17.8 Å². The topological polar surface area (TPSA) is 64.4 Å². The Morgan fingerprint density at radius 3 is 2.91 bits per heavy atom. The first-order chi connectivity index (χ1) is 10.8. The van der Waals surface area contributed by atoms with Gasteiger partial charge in [0.25, 0.3) is 5.91 Å². The van der Waals surface area contributed by atoms with Gasteiger partial charge in [0.1, 0.15) is 5.76 Å². The van der Waals surface area contributed by atoms with Gasteiger partial charge in [-0.25, -0.2) is 0 Å². The van der Waals surface area contributed by atoms with E-state index in [-0.39, 0.29) is 11.9 Å². The highest BCUT2D eigenvalue weighted by Crippen LogP contribution is 2.51. The molecule has 1 aliphatic heterocycles. The normalized spacial score (nSPS) is 34.4. The van der Waals surface area contributed by atoms with Gasteiger partial charge >= 0.3 is 0 Å². The van der Waals surface area contributed by atoms with Gasteiger partial charge in [0, 0.05) is 37.0 Å². The van der Waals surface area contributed by atoms with Crippen LogP contribution >= 0.6 is 0 Å². The van der Waals surface area contributed by atoms with Crippen LogP contribution in [0.5, 0.6) is 0 Å². The zero-order chi connectivity index (χ0) is 15.1. The van der Waals surface area contributed by atoms with E-state index in [4.69, 9.17) is 9.26 Å². The van der Waals surface area contributed by atoms with Gasteiger partial charge in [-0.05, 0) is 12.3 Å². The number of fused-ring (bicyclic) bond motifs is 1. The van der Waals surface area contributed by atoms with Crippen LogP contribution in [0.4, 0.5) is 0 Å². The van der Waals surface area contributed by atoms with Crippen LogP contribution in [0.15, 0.2) is 10.6 Å². The van der Waals surface area contributed by atoms with E-state index in [0.717, 1.165) is 25.2 Å². The fraction of sp³-hybridized carbons (Fsp3) is 0.765. The van der Waals surface area contributed by atoms with E-state index < -0.39 is 0 Å². The van der Waals surface area contributed by atoms with Gasteiger partial charge in [-0.3, -0.25) is 4.79 Å². The number of carbonyl (C=O) groups is 1. The molecule has 0 bridgehead atoms. The number of carbonyl (C=O) groups excluding carboxylic acids is 1. The second kappa shape index (κ2) is 5.69. The lowest BCUT2D eigenvalue weighted by atomic mass is 9.61. The molecule has 120 valence electrons. The predicted octanol–water partition coefficient (Wildman–Crippen LogP) is 2.56. The van der Waals surface area contributed by atoms with E-state index in [2.05, 4.69) is 10.5 Å². The van der Waals surface area contributed by atoms with E-state index in [1.165, 1.54) is 25.7 Å². The fourth-order valence-electron chi connectivity index (χ4n) is 4.67. The standard InChI is InChI=1S/C17H24N2O3/c1-2-11-9-13(19-22-11)17(20)18-15-12-7-8-21-16(12)14(15)10-5-3-4-6-10/h9-10,12,14-16H,2-8H2,1H3,(H,18,20)/t12-,14+,15+,16-/m1/s1. The quantitative estimate of drug-likeness (QED) is 0.928. The van der Waals surface area contributed by atoms with Crippen molar-refractivity contribution in [2.45, 2.75) is 57.6 Å². The van der Waals surface area contributed by atoms with Crippen molar-refractivity contribution in [2.75, 3.05) is 6.61 Å². The lowest BCUT2D eigenvalue weighted by molar-refractivity contribution is -0.0785. The Morgan fingerprint density at radius 2 is 2.18 bits per heavy atom. The third-order valence-electron chi connectivity index (χ3n) is 5.82. The number of aromatic nitrogens is 1. The van der Waals surface area contributed by atoms with Crippen LogP contribution in [0.2, 0.25) is 0 Å². The highest BCUT2D eigenvalue weighted by Gasteiger charge is 2.57. The maximum Gasteiger partial charge on any atom is 0.273 e. The van der Waals surface area contributed by atoms with Crippen molar-refractivity contribution in [3.8, 4) is 0 Å². The summed E-state index contributed by atoms with van der Waals surface area (Å²) < 4.78 is 11.1. The van der Waals surface area contributed by atoms with Gasteiger partial charge in [0.2, 0.25) is 0 Å². The molecule has 0 aromatic carbocycles. The molecular formula is C17H24N2O3. The summed E-state index contributed by atoms with van der Waals surface area (Å²) in [5.74, 6) is 2.37. The summed E-state index contributed by atoms with van der Waals surface area (Å²) in [6.07, 6.45) is 7.41. The summed E-state index contributed by atoms with van der Waals surface area (Å²) in [4.78, 5) is 12.5. The van der Waals surface area contributed by atoms with Crippen LogP contribution in [-0.4, -0.2) is 29.8 Å². The minimum Gasteiger partial charge on any atom is -0.377 e. The molecular weight excluding hydrogens is 280 g/mol. The van der Waals surface area contributed by atoms with Gasteiger partial charge in [0.05, 0.1) is 6.10 Å². The van der Waals surface area contributed by atoms with Gasteiger partial charge in [-0.15, -0.1) is 0 Å². The molecule has 22 heavy (non-hydrogen) atoms. The fourth-order valence-corrected chi connectivity index (χ4v) is 4.67. The first-order valence-electron chi connectivity index (χ1n) is 8.66. The van der Waals surface area contributed by atoms with Crippen molar-refractivity contribution in [1.29, 1.82) is 0 Å². The van der Waals surface area contributed by atoms with Gasteiger partial charge in [-0.2, -0.15) is 0 Å². The third kappa shape index (κ3) is 2.26. The summed E-state index contributed by atoms with van der Waals surface area (Å²) in [5, 5.41) is 7.12. The number of amides is 1. The molecule has 1 saturated heterocycles. The van der Waals surface area contributed by atoms with Crippen LogP contribution in [0.1, 0.15) is 55.3 Å². The number of nitrogens with one attached hydrogen (secondary N) is 1. The Morgan fingerprint density at radius 1 is 1.36 bits per heavy atom. The number of ether oxygens (including phenoxy) is 1. The monoisotopic (exact) mass is 304 g/mol. The van der Waals surface area contributed by atoms with Crippen molar-refractivity contribution in [2.24, 2.45) is 17.8 Å². The maximum atomic E-state index is 12.5. The Balaban J connectivity index is 1.46. The Bertz CT molecular complexity index is 545. The molecule has 4 atom stereocenters. The molecule has 2 saturated carbocycles. The van der Waals surface area contributed by atoms with Crippen LogP contribution in [0.3, 0.4) is 0 Å². The summed E-state index contributed by atoms with van der Waals surface area (Å²) in [6, 6.07) is 2.01. The van der Waals surface area contributed by atoms with Crippen molar-refractivity contribution < 1.29 is 14.1 Å². The SMILES string of the molecule is CCc1cc(C(=O)N[C@H]2[C@H]3CCO[C@H]3[C@H]2C2CCCC2)no1. The zero-order valence-electron chi connectivity index (χ0n) is 13.1. The largest absolute Gasteiger partial charge is 0.377 e. The number of aryl methyl sites for hydroxylation is 1. The molecule has 2 heterocycles. The average Bonchev–Trinajstić information content (AvgIpc) is 3.26. The van der Waals surface area contributed by atoms with Crippen molar-refractivity contribution in [3.63, 3.8) is 0 Å². The molecule has 4 rings (SSSR count). The molecule has 1 aromatic heterocycles. The molecule has 3 aliphatic rings. The van der Waals surface area contributed by atoms with Gasteiger partial charge in [-0.1, -0.05) is 37.8 Å². The molecule has 0 unspecified atom stereocenters. The lowest BCUT2D eigenvalue weighted by Crippen LogP contribution is -2.63. The summed E-state index contributed by atoms with van der Waals surface area (Å²) in [7, 11) is 0. The molecule has 5 nitrogen and oxygen atoms in total. The first-order valence-corrected chi connectivity index (χ1v) is 8.66. The molecule has 1 amide bonds. The zero-order valence-corrected chi connectivity index (χ0v) is 13.1. The Kier molecular flexibility index (Phi) is 3.68. The van der Waals surface area contributed by atoms with Crippen molar-refractivity contribution in [1.82, 2.24) is 10.5 Å². The van der Waals surface area contributed by atoms with E-state index >= 15 is 0 Å². The van der Waals surface area contributed by atoms with E-state index in [9.17, 15) is 4.79 Å². The molecule has 0 spiro atoms. The number of rotatable bonds is 4. The van der Waals surface area contributed by atoms with Crippen LogP contribution in [0.25, 0.3) is 0 Å². The van der Waals surface area contributed by atoms with Crippen LogP contribution < -0.4 is 5.32 Å². The average molecular weight is 304 g/mol. The third-order valence-corrected chi connectivity index (χ3v) is 5.82. The summed E-state index contributed by atoms with van der Waals surface area (Å²) in [6.45, 7) is 2.83. The molecule has 5 heteroatoms. The Labute approximate surface area is 130 Å². The summed E-state index contributed by atoms with van der Waals surface area (Å²) >= 11 is 0. The highest BCUT2D eigenvalue weighted by atomic mass is 16.5. The molecule has 2 aliphatic carbocycles. The number of nitrogens with zero attached hydrogens (tertiary/aromatic N) is 1. The second-order valence-electron chi connectivity index (χ2n) is 6.94. The smallest absolute Gasteiger partial charge is 0.273 e. The second-order valence-corrected chi connectivity index (χ2v) is 6.94. The van der Waals surface area contributed by atoms with E-state index in [1.54, 1.807) is 6.07 Å². The van der Waals surface area contributed by atoms with E-state index in [0.29, 0.717) is 29.6 Å².